The third kappa shape index (κ3) is 4.95. The van der Waals surface area contributed by atoms with E-state index in [9.17, 15) is 0 Å². The molecule has 16 heavy (non-hydrogen) atoms. The van der Waals surface area contributed by atoms with Crippen LogP contribution in [0.1, 0.15) is 37.6 Å². The van der Waals surface area contributed by atoms with Crippen molar-refractivity contribution in [3.8, 4) is 0 Å². The van der Waals surface area contributed by atoms with Crippen LogP contribution in [0.3, 0.4) is 0 Å². The molecule has 0 radical (unpaired) electrons. The molecule has 0 saturated heterocycles. The van der Waals surface area contributed by atoms with E-state index in [0.29, 0.717) is 18.6 Å². The maximum atomic E-state index is 8.90. The van der Waals surface area contributed by atoms with Gasteiger partial charge in [-0.1, -0.05) is 6.92 Å². The van der Waals surface area contributed by atoms with Gasteiger partial charge in [-0.2, -0.15) is 0 Å². The summed E-state index contributed by atoms with van der Waals surface area (Å²) in [6, 6.07) is 4.66. The summed E-state index contributed by atoms with van der Waals surface area (Å²) in [6.45, 7) is 5.59. The lowest BCUT2D eigenvalue weighted by molar-refractivity contribution is 0.227. The fourth-order valence-electron chi connectivity index (χ4n) is 1.52. The van der Waals surface area contributed by atoms with Crippen molar-refractivity contribution in [3.05, 3.63) is 20.8 Å². The van der Waals surface area contributed by atoms with E-state index in [4.69, 9.17) is 5.11 Å². The Kier molecular flexibility index (Phi) is 6.58. The minimum atomic E-state index is 0.299. The summed E-state index contributed by atoms with van der Waals surface area (Å²) in [5.41, 5.74) is 0. The highest BCUT2D eigenvalue weighted by molar-refractivity contribution is 9.11. The largest absolute Gasteiger partial charge is 0.396 e. The highest BCUT2D eigenvalue weighted by atomic mass is 79.9. The minimum Gasteiger partial charge on any atom is -0.396 e. The Balaban J connectivity index is 2.18. The zero-order chi connectivity index (χ0) is 12.0. The van der Waals surface area contributed by atoms with Gasteiger partial charge in [-0.05, 0) is 60.3 Å². The van der Waals surface area contributed by atoms with Crippen molar-refractivity contribution >= 4 is 27.3 Å². The third-order valence-electron chi connectivity index (χ3n) is 2.66. The molecule has 0 saturated carbocycles. The number of nitrogens with one attached hydrogen (secondary N) is 1. The first-order valence-electron chi connectivity index (χ1n) is 5.73. The zero-order valence-electron chi connectivity index (χ0n) is 9.87. The van der Waals surface area contributed by atoms with Crippen LogP contribution in [0.4, 0.5) is 0 Å². The lowest BCUT2D eigenvalue weighted by atomic mass is 10.1. The molecule has 92 valence electrons. The van der Waals surface area contributed by atoms with Crippen molar-refractivity contribution < 1.29 is 5.11 Å². The van der Waals surface area contributed by atoms with Crippen molar-refractivity contribution in [2.75, 3.05) is 13.2 Å². The molecule has 4 heteroatoms. The third-order valence-corrected chi connectivity index (χ3v) is 4.46. The Morgan fingerprint density at radius 3 is 2.75 bits per heavy atom. The number of aliphatic hydroxyl groups excluding tert-OH is 1. The molecule has 0 fully saturated rings. The molecule has 0 amide bonds. The maximum absolute atomic E-state index is 8.90. The first-order chi connectivity index (χ1) is 7.63. The fourth-order valence-corrected chi connectivity index (χ4v) is 2.97. The van der Waals surface area contributed by atoms with Gasteiger partial charge < -0.3 is 10.4 Å². The van der Waals surface area contributed by atoms with Gasteiger partial charge in [0, 0.05) is 17.5 Å². The van der Waals surface area contributed by atoms with E-state index < -0.39 is 0 Å². The SMILES string of the molecule is CC(CO)CCCNC(C)c1ccc(Br)s1. The van der Waals surface area contributed by atoms with Crippen molar-refractivity contribution in [2.45, 2.75) is 32.7 Å². The van der Waals surface area contributed by atoms with Crippen LogP contribution in [0.25, 0.3) is 0 Å². The molecule has 0 aliphatic heterocycles. The van der Waals surface area contributed by atoms with Gasteiger partial charge in [-0.3, -0.25) is 0 Å². The second-order valence-electron chi connectivity index (χ2n) is 4.25. The molecule has 2 nitrogen and oxygen atoms in total. The van der Waals surface area contributed by atoms with Gasteiger partial charge >= 0.3 is 0 Å². The van der Waals surface area contributed by atoms with Crippen LogP contribution in [0.15, 0.2) is 15.9 Å². The smallest absolute Gasteiger partial charge is 0.0701 e. The van der Waals surface area contributed by atoms with Gasteiger partial charge in [0.2, 0.25) is 0 Å². The van der Waals surface area contributed by atoms with Crippen LogP contribution < -0.4 is 5.32 Å². The topological polar surface area (TPSA) is 32.3 Å². The molecular formula is C12H20BrNOS. The van der Waals surface area contributed by atoms with Gasteiger partial charge in [0.1, 0.15) is 0 Å². The number of hydrogen-bond acceptors (Lipinski definition) is 3. The van der Waals surface area contributed by atoms with Crippen molar-refractivity contribution in [3.63, 3.8) is 0 Å². The van der Waals surface area contributed by atoms with Crippen LogP contribution in [0, 0.1) is 5.92 Å². The minimum absolute atomic E-state index is 0.299. The van der Waals surface area contributed by atoms with Crippen LogP contribution >= 0.6 is 27.3 Å². The summed E-state index contributed by atoms with van der Waals surface area (Å²) < 4.78 is 1.19. The molecule has 2 N–H and O–H groups in total. The standard InChI is InChI=1S/C12H20BrNOS/c1-9(8-15)4-3-7-14-10(2)11-5-6-12(13)16-11/h5-6,9-10,14-15H,3-4,7-8H2,1-2H3. The summed E-state index contributed by atoms with van der Waals surface area (Å²) in [7, 11) is 0. The Morgan fingerprint density at radius 2 is 2.19 bits per heavy atom. The van der Waals surface area contributed by atoms with Gasteiger partial charge in [0.05, 0.1) is 3.79 Å². The molecule has 0 aliphatic rings. The average molecular weight is 306 g/mol. The van der Waals surface area contributed by atoms with E-state index in [-0.39, 0.29) is 0 Å². The molecule has 0 spiro atoms. The summed E-state index contributed by atoms with van der Waals surface area (Å²) in [6.07, 6.45) is 2.21. The molecule has 1 aromatic heterocycles. The molecule has 1 aromatic rings. The summed E-state index contributed by atoms with van der Waals surface area (Å²) in [5.74, 6) is 0.424. The number of hydrogen-bond donors (Lipinski definition) is 2. The first kappa shape index (κ1) is 14.2. The molecule has 2 atom stereocenters. The zero-order valence-corrected chi connectivity index (χ0v) is 12.3. The van der Waals surface area contributed by atoms with Crippen LogP contribution in [-0.4, -0.2) is 18.3 Å². The van der Waals surface area contributed by atoms with Gasteiger partial charge in [-0.25, -0.2) is 0 Å². The first-order valence-corrected chi connectivity index (χ1v) is 7.34. The van der Waals surface area contributed by atoms with E-state index in [1.54, 1.807) is 11.3 Å². The predicted molar refractivity (Wildman–Crippen MR) is 73.9 cm³/mol. The lowest BCUT2D eigenvalue weighted by Gasteiger charge is -2.13. The fraction of sp³-hybridized carbons (Fsp3) is 0.667. The van der Waals surface area contributed by atoms with Gasteiger partial charge in [-0.15, -0.1) is 11.3 Å². The van der Waals surface area contributed by atoms with Gasteiger partial charge in [0.15, 0.2) is 0 Å². The molecule has 0 aromatic carbocycles. The Labute approximate surface area is 110 Å². The monoisotopic (exact) mass is 305 g/mol. The molecule has 2 unspecified atom stereocenters. The van der Waals surface area contributed by atoms with Crippen LogP contribution in [-0.2, 0) is 0 Å². The molecule has 0 bridgehead atoms. The Bertz CT molecular complexity index is 303. The predicted octanol–water partition coefficient (Wildman–Crippen LogP) is 3.57. The quantitative estimate of drug-likeness (QED) is 0.755. The molecular weight excluding hydrogens is 286 g/mol. The van der Waals surface area contributed by atoms with Crippen molar-refractivity contribution in [1.29, 1.82) is 0 Å². The Morgan fingerprint density at radius 1 is 1.44 bits per heavy atom. The van der Waals surface area contributed by atoms with Gasteiger partial charge in [0.25, 0.3) is 0 Å². The molecule has 0 aliphatic carbocycles. The average Bonchev–Trinajstić information content (AvgIpc) is 2.70. The molecule has 1 rings (SSSR count). The lowest BCUT2D eigenvalue weighted by Crippen LogP contribution is -2.19. The van der Waals surface area contributed by atoms with Crippen molar-refractivity contribution in [2.24, 2.45) is 5.92 Å². The molecule has 1 heterocycles. The highest BCUT2D eigenvalue weighted by Gasteiger charge is 2.07. The number of thiophene rings is 1. The maximum Gasteiger partial charge on any atom is 0.0701 e. The van der Waals surface area contributed by atoms with E-state index in [2.05, 4.69) is 47.2 Å². The van der Waals surface area contributed by atoms with Crippen molar-refractivity contribution in [1.82, 2.24) is 5.32 Å². The second-order valence-corrected chi connectivity index (χ2v) is 6.74. The Hall–Kier alpha value is 0.1000. The van der Waals surface area contributed by atoms with E-state index in [1.807, 2.05) is 0 Å². The number of rotatable bonds is 7. The summed E-state index contributed by atoms with van der Waals surface area (Å²) >= 11 is 5.25. The number of halogens is 1. The van der Waals surface area contributed by atoms with Crippen LogP contribution in [0.5, 0.6) is 0 Å². The number of aliphatic hydroxyl groups is 1. The summed E-state index contributed by atoms with van der Waals surface area (Å²) in [4.78, 5) is 1.36. The highest BCUT2D eigenvalue weighted by Crippen LogP contribution is 2.26. The van der Waals surface area contributed by atoms with E-state index in [1.165, 1.54) is 8.66 Å². The summed E-state index contributed by atoms with van der Waals surface area (Å²) in [5, 5.41) is 12.4. The normalized spacial score (nSPS) is 15.0. The van der Waals surface area contributed by atoms with E-state index >= 15 is 0 Å². The second kappa shape index (κ2) is 7.43. The van der Waals surface area contributed by atoms with Crippen LogP contribution in [0.2, 0.25) is 0 Å². The van der Waals surface area contributed by atoms with E-state index in [0.717, 1.165) is 19.4 Å².